The van der Waals surface area contributed by atoms with E-state index in [0.717, 1.165) is 6.07 Å². The van der Waals surface area contributed by atoms with Crippen LogP contribution in [-0.4, -0.2) is 17.0 Å². The van der Waals surface area contributed by atoms with Gasteiger partial charge in [-0.15, -0.1) is 0 Å². The van der Waals surface area contributed by atoms with E-state index in [1.54, 1.807) is 0 Å². The molecule has 0 heterocycles. The van der Waals surface area contributed by atoms with E-state index in [4.69, 9.17) is 16.7 Å². The molecule has 17 heavy (non-hydrogen) atoms. The maximum Gasteiger partial charge on any atom is 0.307 e. The molecule has 1 saturated carbocycles. The van der Waals surface area contributed by atoms with Crippen molar-refractivity contribution >= 4 is 29.2 Å². The van der Waals surface area contributed by atoms with E-state index < -0.39 is 29.5 Å². The summed E-state index contributed by atoms with van der Waals surface area (Å²) in [7, 11) is 0. The summed E-state index contributed by atoms with van der Waals surface area (Å²) in [6.45, 7) is 0. The predicted molar refractivity (Wildman–Crippen MR) is 59.3 cm³/mol. The van der Waals surface area contributed by atoms with Crippen molar-refractivity contribution in [3.8, 4) is 0 Å². The van der Waals surface area contributed by atoms with Gasteiger partial charge in [0.25, 0.3) is 0 Å². The minimum absolute atomic E-state index is 0.160. The molecule has 2 atom stereocenters. The van der Waals surface area contributed by atoms with Gasteiger partial charge in [0.05, 0.1) is 22.5 Å². The Kier molecular flexibility index (Phi) is 3.02. The highest BCUT2D eigenvalue weighted by Gasteiger charge is 2.48. The van der Waals surface area contributed by atoms with Gasteiger partial charge in [0.1, 0.15) is 5.82 Å². The van der Waals surface area contributed by atoms with Crippen LogP contribution >= 0.6 is 11.6 Å². The fourth-order valence-electron chi connectivity index (χ4n) is 1.58. The molecule has 6 heteroatoms. The van der Waals surface area contributed by atoms with Crippen LogP contribution in [0.2, 0.25) is 5.02 Å². The molecule has 0 bridgehead atoms. The summed E-state index contributed by atoms with van der Waals surface area (Å²) in [5.74, 6) is -3.13. The molecule has 1 aromatic carbocycles. The number of aliphatic carboxylic acids is 1. The Morgan fingerprint density at radius 3 is 2.71 bits per heavy atom. The van der Waals surface area contributed by atoms with Gasteiger partial charge in [-0.05, 0) is 24.6 Å². The maximum absolute atomic E-state index is 12.9. The van der Waals surface area contributed by atoms with E-state index in [0.29, 0.717) is 6.42 Å². The van der Waals surface area contributed by atoms with Crippen molar-refractivity contribution in [3.05, 3.63) is 29.0 Å². The molecular formula is C11H9ClFNO3. The highest BCUT2D eigenvalue weighted by Crippen LogP contribution is 2.39. The highest BCUT2D eigenvalue weighted by molar-refractivity contribution is 6.33. The maximum atomic E-state index is 12.9. The molecule has 1 amide bonds. The largest absolute Gasteiger partial charge is 0.481 e. The minimum atomic E-state index is -0.990. The van der Waals surface area contributed by atoms with Crippen LogP contribution in [0.25, 0.3) is 0 Å². The summed E-state index contributed by atoms with van der Waals surface area (Å²) < 4.78 is 12.9. The molecule has 4 nitrogen and oxygen atoms in total. The lowest BCUT2D eigenvalue weighted by Crippen LogP contribution is -2.17. The lowest BCUT2D eigenvalue weighted by atomic mass is 10.2. The third-order valence-electron chi connectivity index (χ3n) is 2.63. The summed E-state index contributed by atoms with van der Waals surface area (Å²) in [4.78, 5) is 22.2. The zero-order chi connectivity index (χ0) is 12.6. The number of carbonyl (C=O) groups is 2. The molecule has 1 aliphatic rings. The predicted octanol–water partition coefficient (Wildman–Crippen LogP) is 2.14. The van der Waals surface area contributed by atoms with Gasteiger partial charge in [-0.3, -0.25) is 9.59 Å². The van der Waals surface area contributed by atoms with Gasteiger partial charge in [-0.2, -0.15) is 0 Å². The van der Waals surface area contributed by atoms with Crippen molar-refractivity contribution in [2.75, 3.05) is 5.32 Å². The van der Waals surface area contributed by atoms with E-state index in [9.17, 15) is 14.0 Å². The second kappa shape index (κ2) is 4.33. The van der Waals surface area contributed by atoms with Gasteiger partial charge in [0.15, 0.2) is 0 Å². The molecule has 1 aromatic rings. The van der Waals surface area contributed by atoms with Gasteiger partial charge in [0.2, 0.25) is 5.91 Å². The average Bonchev–Trinajstić information content (AvgIpc) is 3.03. The standard InChI is InChI=1S/C11H9ClFNO3/c12-8-2-1-5(13)3-9(8)14-10(15)6-4-7(6)11(16)17/h1-3,6-7H,4H2,(H,14,15)(H,16,17)/t6-,7+/m1/s1. The number of hydrogen-bond donors (Lipinski definition) is 2. The van der Waals surface area contributed by atoms with E-state index in [1.165, 1.54) is 12.1 Å². The van der Waals surface area contributed by atoms with Crippen molar-refractivity contribution in [3.63, 3.8) is 0 Å². The third-order valence-corrected chi connectivity index (χ3v) is 2.96. The van der Waals surface area contributed by atoms with Gasteiger partial charge in [-0.25, -0.2) is 4.39 Å². The monoisotopic (exact) mass is 257 g/mol. The molecular weight excluding hydrogens is 249 g/mol. The Balaban J connectivity index is 2.04. The fourth-order valence-corrected chi connectivity index (χ4v) is 1.74. The summed E-state index contributed by atoms with van der Waals surface area (Å²) in [6, 6.07) is 3.60. The number of rotatable bonds is 3. The number of halogens is 2. The van der Waals surface area contributed by atoms with E-state index >= 15 is 0 Å². The van der Waals surface area contributed by atoms with Crippen molar-refractivity contribution in [2.45, 2.75) is 6.42 Å². The van der Waals surface area contributed by atoms with Crippen LogP contribution < -0.4 is 5.32 Å². The summed E-state index contributed by atoms with van der Waals surface area (Å²) in [6.07, 6.45) is 0.314. The average molecular weight is 258 g/mol. The lowest BCUT2D eigenvalue weighted by molar-refractivity contribution is -0.139. The van der Waals surface area contributed by atoms with Gasteiger partial charge in [0, 0.05) is 0 Å². The number of benzene rings is 1. The number of hydrogen-bond acceptors (Lipinski definition) is 2. The van der Waals surface area contributed by atoms with E-state index in [2.05, 4.69) is 5.32 Å². The van der Waals surface area contributed by atoms with Crippen LogP contribution in [-0.2, 0) is 9.59 Å². The minimum Gasteiger partial charge on any atom is -0.481 e. The SMILES string of the molecule is O=C(O)[C@H]1C[C@H]1C(=O)Nc1cc(F)ccc1Cl. The van der Waals surface area contributed by atoms with Gasteiger partial charge >= 0.3 is 5.97 Å². The van der Waals surface area contributed by atoms with Gasteiger partial charge in [-0.1, -0.05) is 11.6 Å². The number of nitrogens with one attached hydrogen (secondary N) is 1. The molecule has 0 unspecified atom stereocenters. The first-order valence-electron chi connectivity index (χ1n) is 4.98. The van der Waals surface area contributed by atoms with Crippen molar-refractivity contribution in [2.24, 2.45) is 11.8 Å². The Hall–Kier alpha value is -1.62. The normalized spacial score (nSPS) is 22.0. The van der Waals surface area contributed by atoms with Crippen LogP contribution in [0.5, 0.6) is 0 Å². The number of carbonyl (C=O) groups excluding carboxylic acids is 1. The quantitative estimate of drug-likeness (QED) is 0.872. The first-order chi connectivity index (χ1) is 7.99. The van der Waals surface area contributed by atoms with Crippen LogP contribution in [0.4, 0.5) is 10.1 Å². The Bertz CT molecular complexity index is 492. The van der Waals surface area contributed by atoms with Crippen LogP contribution in [0, 0.1) is 17.7 Å². The zero-order valence-corrected chi connectivity index (χ0v) is 9.37. The number of carboxylic acid groups (broad SMARTS) is 1. The molecule has 0 aliphatic heterocycles. The number of anilines is 1. The Morgan fingerprint density at radius 2 is 2.12 bits per heavy atom. The first-order valence-corrected chi connectivity index (χ1v) is 5.35. The molecule has 0 saturated heterocycles. The number of carboxylic acids is 1. The topological polar surface area (TPSA) is 66.4 Å². The molecule has 1 fully saturated rings. The molecule has 90 valence electrons. The molecule has 0 radical (unpaired) electrons. The van der Waals surface area contributed by atoms with Gasteiger partial charge < -0.3 is 10.4 Å². The molecule has 2 rings (SSSR count). The van der Waals surface area contributed by atoms with E-state index in [-0.39, 0.29) is 10.7 Å². The van der Waals surface area contributed by atoms with Crippen molar-refractivity contribution in [1.82, 2.24) is 0 Å². The van der Waals surface area contributed by atoms with Crippen LogP contribution in [0.1, 0.15) is 6.42 Å². The Morgan fingerprint density at radius 1 is 1.41 bits per heavy atom. The summed E-state index contributed by atoms with van der Waals surface area (Å²) >= 11 is 5.77. The molecule has 1 aliphatic carbocycles. The zero-order valence-electron chi connectivity index (χ0n) is 8.61. The highest BCUT2D eigenvalue weighted by atomic mass is 35.5. The molecule has 0 aromatic heterocycles. The molecule has 2 N–H and O–H groups in total. The first kappa shape index (κ1) is 11.9. The van der Waals surface area contributed by atoms with Crippen LogP contribution in [0.3, 0.4) is 0 Å². The lowest BCUT2D eigenvalue weighted by Gasteiger charge is -2.06. The van der Waals surface area contributed by atoms with Crippen molar-refractivity contribution in [1.29, 1.82) is 0 Å². The van der Waals surface area contributed by atoms with E-state index in [1.807, 2.05) is 0 Å². The second-order valence-electron chi connectivity index (χ2n) is 3.90. The van der Waals surface area contributed by atoms with Crippen LogP contribution in [0.15, 0.2) is 18.2 Å². The Labute approximate surface area is 101 Å². The fraction of sp³-hybridized carbons (Fsp3) is 0.273. The van der Waals surface area contributed by atoms with Crippen molar-refractivity contribution < 1.29 is 19.1 Å². The number of amides is 1. The molecule has 0 spiro atoms. The smallest absolute Gasteiger partial charge is 0.307 e. The third kappa shape index (κ3) is 2.55. The summed E-state index contributed by atoms with van der Waals surface area (Å²) in [5.41, 5.74) is 0.160. The summed E-state index contributed by atoms with van der Waals surface area (Å²) in [5, 5.41) is 11.3. The second-order valence-corrected chi connectivity index (χ2v) is 4.31.